The number of nitriles is 1. The second-order valence-corrected chi connectivity index (χ2v) is 5.73. The number of aromatic nitrogens is 2. The molecule has 0 amide bonds. The lowest BCUT2D eigenvalue weighted by Gasteiger charge is -2.35. The highest BCUT2D eigenvalue weighted by atomic mass is 14.9. The SMILES string of the molecule is Cn1c2ccncc2c2cc(C3(C#N)CCC3)ccc21. The fourth-order valence-electron chi connectivity index (χ4n) is 3.35. The van der Waals surface area contributed by atoms with Crippen LogP contribution in [0.2, 0.25) is 0 Å². The van der Waals surface area contributed by atoms with Gasteiger partial charge in [0.15, 0.2) is 0 Å². The minimum absolute atomic E-state index is 0.251. The Labute approximate surface area is 117 Å². The molecule has 0 radical (unpaired) electrons. The summed E-state index contributed by atoms with van der Waals surface area (Å²) in [5.41, 5.74) is 3.30. The summed E-state index contributed by atoms with van der Waals surface area (Å²) in [5, 5.41) is 11.9. The molecule has 1 saturated carbocycles. The van der Waals surface area contributed by atoms with Gasteiger partial charge in [0, 0.05) is 35.7 Å². The molecule has 1 aromatic carbocycles. The van der Waals surface area contributed by atoms with Gasteiger partial charge in [-0.05, 0) is 43.0 Å². The number of rotatable bonds is 1. The molecule has 0 aliphatic heterocycles. The van der Waals surface area contributed by atoms with Crippen LogP contribution in [-0.4, -0.2) is 9.55 Å². The van der Waals surface area contributed by atoms with Crippen molar-refractivity contribution in [2.75, 3.05) is 0 Å². The van der Waals surface area contributed by atoms with Crippen molar-refractivity contribution in [2.45, 2.75) is 24.7 Å². The second-order valence-electron chi connectivity index (χ2n) is 5.73. The number of benzene rings is 1. The summed E-state index contributed by atoms with van der Waals surface area (Å²) in [7, 11) is 2.08. The summed E-state index contributed by atoms with van der Waals surface area (Å²) in [6.45, 7) is 0. The maximum Gasteiger partial charge on any atom is 0.0822 e. The molecule has 0 atom stereocenters. The Morgan fingerprint density at radius 2 is 2.00 bits per heavy atom. The van der Waals surface area contributed by atoms with Crippen LogP contribution in [0.1, 0.15) is 24.8 Å². The highest BCUT2D eigenvalue weighted by molar-refractivity contribution is 6.07. The summed E-state index contributed by atoms with van der Waals surface area (Å²) in [6, 6.07) is 11.0. The highest BCUT2D eigenvalue weighted by Gasteiger charge is 2.39. The fourth-order valence-corrected chi connectivity index (χ4v) is 3.35. The molecular weight excluding hydrogens is 246 g/mol. The average molecular weight is 261 g/mol. The number of fused-ring (bicyclic) bond motifs is 3. The van der Waals surface area contributed by atoms with Gasteiger partial charge in [-0.15, -0.1) is 0 Å². The minimum Gasteiger partial charge on any atom is -0.344 e. The standard InChI is InChI=1S/C17H15N3/c1-20-15-4-3-12(17(11-18)6-2-7-17)9-13(15)14-10-19-8-5-16(14)20/h3-5,8-10H,2,6-7H2,1H3. The number of nitrogens with zero attached hydrogens (tertiary/aromatic N) is 3. The molecule has 1 fully saturated rings. The smallest absolute Gasteiger partial charge is 0.0822 e. The van der Waals surface area contributed by atoms with Crippen molar-refractivity contribution in [2.24, 2.45) is 7.05 Å². The third kappa shape index (κ3) is 1.31. The van der Waals surface area contributed by atoms with Crippen molar-refractivity contribution < 1.29 is 0 Å². The van der Waals surface area contributed by atoms with E-state index in [4.69, 9.17) is 0 Å². The van der Waals surface area contributed by atoms with Crippen LogP contribution in [0, 0.1) is 11.3 Å². The Morgan fingerprint density at radius 1 is 1.20 bits per heavy atom. The predicted molar refractivity (Wildman–Crippen MR) is 79.4 cm³/mol. The molecular formula is C17H15N3. The Kier molecular flexibility index (Phi) is 2.20. The van der Waals surface area contributed by atoms with Crippen LogP contribution in [0.25, 0.3) is 21.8 Å². The molecule has 1 aliphatic rings. The number of aryl methyl sites for hydroxylation is 1. The zero-order valence-electron chi connectivity index (χ0n) is 11.4. The van der Waals surface area contributed by atoms with E-state index in [0.29, 0.717) is 0 Å². The minimum atomic E-state index is -0.251. The first kappa shape index (κ1) is 11.5. The van der Waals surface area contributed by atoms with Gasteiger partial charge in [-0.3, -0.25) is 4.98 Å². The van der Waals surface area contributed by atoms with E-state index in [-0.39, 0.29) is 5.41 Å². The van der Waals surface area contributed by atoms with Crippen molar-refractivity contribution in [1.82, 2.24) is 9.55 Å². The van der Waals surface area contributed by atoms with Gasteiger partial charge in [-0.1, -0.05) is 6.07 Å². The molecule has 0 unspecified atom stereocenters. The lowest BCUT2D eigenvalue weighted by molar-refractivity contribution is 0.324. The largest absolute Gasteiger partial charge is 0.344 e. The van der Waals surface area contributed by atoms with Crippen molar-refractivity contribution >= 4 is 21.8 Å². The molecule has 0 spiro atoms. The van der Waals surface area contributed by atoms with Gasteiger partial charge in [0.05, 0.1) is 17.0 Å². The normalized spacial score (nSPS) is 17.0. The number of hydrogen-bond acceptors (Lipinski definition) is 2. The number of hydrogen-bond donors (Lipinski definition) is 0. The van der Waals surface area contributed by atoms with Gasteiger partial charge >= 0.3 is 0 Å². The molecule has 3 nitrogen and oxygen atoms in total. The van der Waals surface area contributed by atoms with Crippen molar-refractivity contribution in [3.8, 4) is 6.07 Å². The van der Waals surface area contributed by atoms with E-state index in [9.17, 15) is 5.26 Å². The van der Waals surface area contributed by atoms with Crippen LogP contribution < -0.4 is 0 Å². The first-order chi connectivity index (χ1) is 9.75. The van der Waals surface area contributed by atoms with Gasteiger partial charge in [0.2, 0.25) is 0 Å². The molecule has 3 heteroatoms. The predicted octanol–water partition coefficient (Wildman–Crippen LogP) is 3.67. The molecule has 4 rings (SSSR count). The molecule has 3 aromatic rings. The molecule has 0 bridgehead atoms. The van der Waals surface area contributed by atoms with Crippen molar-refractivity contribution in [1.29, 1.82) is 5.26 Å². The van der Waals surface area contributed by atoms with E-state index in [0.717, 1.165) is 24.8 Å². The third-order valence-electron chi connectivity index (χ3n) is 4.78. The van der Waals surface area contributed by atoms with Crippen LogP contribution >= 0.6 is 0 Å². The van der Waals surface area contributed by atoms with E-state index in [2.05, 4.69) is 40.9 Å². The number of pyridine rings is 1. The summed E-state index contributed by atoms with van der Waals surface area (Å²) >= 11 is 0. The van der Waals surface area contributed by atoms with Gasteiger partial charge < -0.3 is 4.57 Å². The van der Waals surface area contributed by atoms with E-state index in [1.807, 2.05) is 18.5 Å². The van der Waals surface area contributed by atoms with Crippen molar-refractivity contribution in [3.05, 3.63) is 42.2 Å². The topological polar surface area (TPSA) is 41.6 Å². The van der Waals surface area contributed by atoms with E-state index in [1.54, 1.807) is 0 Å². The van der Waals surface area contributed by atoms with Gasteiger partial charge in [-0.2, -0.15) is 5.26 Å². The summed E-state index contributed by atoms with van der Waals surface area (Å²) in [5.74, 6) is 0. The van der Waals surface area contributed by atoms with Crippen LogP contribution in [0.5, 0.6) is 0 Å². The second kappa shape index (κ2) is 3.83. The van der Waals surface area contributed by atoms with E-state index < -0.39 is 0 Å². The monoisotopic (exact) mass is 261 g/mol. The quantitative estimate of drug-likeness (QED) is 0.670. The molecule has 0 saturated heterocycles. The summed E-state index contributed by atoms with van der Waals surface area (Å²) in [4.78, 5) is 4.24. The molecule has 2 aromatic heterocycles. The molecule has 98 valence electrons. The van der Waals surface area contributed by atoms with Crippen LogP contribution in [0.4, 0.5) is 0 Å². The van der Waals surface area contributed by atoms with Crippen LogP contribution in [0.3, 0.4) is 0 Å². The Hall–Kier alpha value is -2.34. The molecule has 2 heterocycles. The maximum atomic E-state index is 9.51. The molecule has 0 N–H and O–H groups in total. The highest BCUT2D eigenvalue weighted by Crippen LogP contribution is 2.44. The Bertz CT molecular complexity index is 863. The van der Waals surface area contributed by atoms with Crippen molar-refractivity contribution in [3.63, 3.8) is 0 Å². The van der Waals surface area contributed by atoms with E-state index >= 15 is 0 Å². The van der Waals surface area contributed by atoms with Gasteiger partial charge in [0.25, 0.3) is 0 Å². The molecule has 1 aliphatic carbocycles. The van der Waals surface area contributed by atoms with E-state index in [1.165, 1.54) is 21.8 Å². The van der Waals surface area contributed by atoms with Gasteiger partial charge in [-0.25, -0.2) is 0 Å². The van der Waals surface area contributed by atoms with Crippen LogP contribution in [-0.2, 0) is 12.5 Å². The first-order valence-corrected chi connectivity index (χ1v) is 6.99. The zero-order chi connectivity index (χ0) is 13.7. The summed E-state index contributed by atoms with van der Waals surface area (Å²) in [6.07, 6.45) is 6.87. The fraction of sp³-hybridized carbons (Fsp3) is 0.294. The lowest BCUT2D eigenvalue weighted by atomic mass is 9.65. The maximum absolute atomic E-state index is 9.51. The Balaban J connectivity index is 2.05. The Morgan fingerprint density at radius 3 is 2.70 bits per heavy atom. The molecule has 20 heavy (non-hydrogen) atoms. The lowest BCUT2D eigenvalue weighted by Crippen LogP contribution is -2.32. The van der Waals surface area contributed by atoms with Gasteiger partial charge in [0.1, 0.15) is 0 Å². The zero-order valence-corrected chi connectivity index (χ0v) is 11.4. The average Bonchev–Trinajstić information content (AvgIpc) is 2.73. The first-order valence-electron chi connectivity index (χ1n) is 6.99. The van der Waals surface area contributed by atoms with Crippen LogP contribution in [0.15, 0.2) is 36.7 Å². The third-order valence-corrected chi connectivity index (χ3v) is 4.78. The summed E-state index contributed by atoms with van der Waals surface area (Å²) < 4.78 is 2.19.